The molecule has 1 saturated heterocycles. The average Bonchev–Trinajstić information content (AvgIpc) is 3.63. The van der Waals surface area contributed by atoms with Gasteiger partial charge in [0.1, 0.15) is 23.7 Å². The number of rotatable bonds is 9. The first-order chi connectivity index (χ1) is 21.7. The molecule has 4 aromatic rings. The van der Waals surface area contributed by atoms with E-state index in [9.17, 15) is 23.2 Å². The Labute approximate surface area is 259 Å². The van der Waals surface area contributed by atoms with Gasteiger partial charge in [-0.1, -0.05) is 30.4 Å². The van der Waals surface area contributed by atoms with Crippen molar-refractivity contribution in [2.45, 2.75) is 44.4 Å². The van der Waals surface area contributed by atoms with E-state index in [1.807, 2.05) is 36.7 Å². The van der Waals surface area contributed by atoms with Gasteiger partial charge in [-0.15, -0.1) is 0 Å². The van der Waals surface area contributed by atoms with Gasteiger partial charge >= 0.3 is 0 Å². The molecular formula is C34H34F2N6O3. The summed E-state index contributed by atoms with van der Waals surface area (Å²) in [4.78, 5) is 49.0. The highest BCUT2D eigenvalue weighted by atomic mass is 19.1. The van der Waals surface area contributed by atoms with Crippen molar-refractivity contribution in [1.29, 1.82) is 0 Å². The summed E-state index contributed by atoms with van der Waals surface area (Å²) in [5, 5.41) is 6.06. The number of aromatic nitrogens is 3. The van der Waals surface area contributed by atoms with E-state index in [-0.39, 0.29) is 18.7 Å². The first-order valence-corrected chi connectivity index (χ1v) is 15.0. The molecular weight excluding hydrogens is 578 g/mol. The Balaban J connectivity index is 1.14. The zero-order valence-electron chi connectivity index (χ0n) is 25.0. The van der Waals surface area contributed by atoms with Gasteiger partial charge in [0, 0.05) is 24.4 Å². The first kappa shape index (κ1) is 30.1. The normalized spacial score (nSPS) is 18.8. The lowest BCUT2D eigenvalue weighted by atomic mass is 9.96. The smallest absolute Gasteiger partial charge is 0.270 e. The molecule has 1 aliphatic carbocycles. The van der Waals surface area contributed by atoms with E-state index < -0.39 is 48.3 Å². The van der Waals surface area contributed by atoms with Gasteiger partial charge in [-0.2, -0.15) is 0 Å². The maximum Gasteiger partial charge on any atom is 0.270 e. The minimum Gasteiger partial charge on any atom is -0.348 e. The summed E-state index contributed by atoms with van der Waals surface area (Å²) < 4.78 is 30.0. The van der Waals surface area contributed by atoms with Gasteiger partial charge in [0.2, 0.25) is 11.8 Å². The fraction of sp³-hybridized carbons (Fsp3) is 0.324. The molecule has 0 unspecified atom stereocenters. The molecule has 2 aromatic carbocycles. The lowest BCUT2D eigenvalue weighted by Gasteiger charge is -2.26. The number of likely N-dealkylation sites (tertiary alicyclic amines) is 1. The van der Waals surface area contributed by atoms with Crippen LogP contribution in [0.4, 0.5) is 8.78 Å². The highest BCUT2D eigenvalue weighted by molar-refractivity contribution is 5.97. The van der Waals surface area contributed by atoms with Crippen molar-refractivity contribution >= 4 is 34.7 Å². The summed E-state index contributed by atoms with van der Waals surface area (Å²) in [6.45, 7) is 1.19. The number of amides is 3. The molecule has 0 bridgehead atoms. The van der Waals surface area contributed by atoms with Gasteiger partial charge in [-0.25, -0.2) is 18.7 Å². The Bertz CT molecular complexity index is 1800. The highest BCUT2D eigenvalue weighted by Crippen LogP contribution is 2.33. The Hall–Kier alpha value is -4.93. The van der Waals surface area contributed by atoms with Crippen LogP contribution in [0.2, 0.25) is 0 Å². The van der Waals surface area contributed by atoms with E-state index in [1.165, 1.54) is 42.0 Å². The molecule has 232 valence electrons. The third kappa shape index (κ3) is 6.77. The fourth-order valence-electron chi connectivity index (χ4n) is 5.69. The Morgan fingerprint density at radius 3 is 2.69 bits per heavy atom. The van der Waals surface area contributed by atoms with Gasteiger partial charge in [0.05, 0.1) is 42.9 Å². The maximum atomic E-state index is 14.6. The van der Waals surface area contributed by atoms with Crippen molar-refractivity contribution < 1.29 is 23.2 Å². The van der Waals surface area contributed by atoms with Crippen molar-refractivity contribution in [3.8, 4) is 11.3 Å². The molecule has 2 fully saturated rings. The zero-order chi connectivity index (χ0) is 31.7. The van der Waals surface area contributed by atoms with Crippen LogP contribution in [0.1, 0.15) is 53.8 Å². The second-order valence-electron chi connectivity index (χ2n) is 11.8. The second-order valence-corrected chi connectivity index (χ2v) is 11.8. The Morgan fingerprint density at radius 1 is 1.11 bits per heavy atom. The lowest BCUT2D eigenvalue weighted by molar-refractivity contribution is -0.138. The number of benzene rings is 2. The SMILES string of the molecule is C[C@H](NC(=O)[C@@H]1C[C@@H](F)CN1C(=O)CNC(=O)c1ccc2cc(F)ccc2n1)c1cc(-c2cncn2C)ccc1/C=C/C1CC1. The summed E-state index contributed by atoms with van der Waals surface area (Å²) in [5.41, 5.74) is 4.21. The van der Waals surface area contributed by atoms with Crippen molar-refractivity contribution in [2.24, 2.45) is 13.0 Å². The number of imidazole rings is 1. The number of allylic oxidation sites excluding steroid dienone is 1. The average molecular weight is 613 g/mol. The van der Waals surface area contributed by atoms with Gasteiger partial charge in [-0.05, 0) is 67.1 Å². The number of halogens is 2. The van der Waals surface area contributed by atoms with E-state index >= 15 is 0 Å². The maximum absolute atomic E-state index is 14.6. The highest BCUT2D eigenvalue weighted by Gasteiger charge is 2.40. The number of aryl methyl sites for hydroxylation is 1. The minimum absolute atomic E-state index is 0.0507. The largest absolute Gasteiger partial charge is 0.348 e. The van der Waals surface area contributed by atoms with Crippen LogP contribution >= 0.6 is 0 Å². The number of carbonyl (C=O) groups excluding carboxylic acids is 3. The second kappa shape index (κ2) is 12.6. The first-order valence-electron chi connectivity index (χ1n) is 15.0. The van der Waals surface area contributed by atoms with E-state index in [0.29, 0.717) is 16.8 Å². The predicted molar refractivity (Wildman–Crippen MR) is 166 cm³/mol. The fourth-order valence-corrected chi connectivity index (χ4v) is 5.69. The van der Waals surface area contributed by atoms with Gasteiger partial charge in [-0.3, -0.25) is 14.4 Å². The summed E-state index contributed by atoms with van der Waals surface area (Å²) in [7, 11) is 1.91. The van der Waals surface area contributed by atoms with E-state index in [1.54, 1.807) is 18.6 Å². The summed E-state index contributed by atoms with van der Waals surface area (Å²) in [6.07, 6.45) is 8.60. The van der Waals surface area contributed by atoms with Crippen LogP contribution in [-0.2, 0) is 16.6 Å². The Morgan fingerprint density at radius 2 is 1.93 bits per heavy atom. The number of fused-ring (bicyclic) bond motifs is 1. The summed E-state index contributed by atoms with van der Waals surface area (Å²) in [5.74, 6) is -1.50. The molecule has 3 heterocycles. The van der Waals surface area contributed by atoms with E-state index in [2.05, 4.69) is 32.8 Å². The summed E-state index contributed by atoms with van der Waals surface area (Å²) in [6, 6.07) is 11.6. The van der Waals surface area contributed by atoms with Crippen LogP contribution < -0.4 is 10.6 Å². The molecule has 0 spiro atoms. The van der Waals surface area contributed by atoms with E-state index in [4.69, 9.17) is 0 Å². The zero-order valence-corrected chi connectivity index (χ0v) is 25.0. The van der Waals surface area contributed by atoms with Crippen molar-refractivity contribution in [3.05, 3.63) is 89.8 Å². The van der Waals surface area contributed by atoms with Crippen LogP contribution in [-0.4, -0.2) is 62.5 Å². The lowest BCUT2D eigenvalue weighted by Crippen LogP contribution is -2.49. The topological polar surface area (TPSA) is 109 Å². The number of pyridine rings is 1. The van der Waals surface area contributed by atoms with Crippen LogP contribution in [0.15, 0.2) is 67.1 Å². The van der Waals surface area contributed by atoms with Gasteiger partial charge in [0.25, 0.3) is 5.91 Å². The van der Waals surface area contributed by atoms with Crippen molar-refractivity contribution in [3.63, 3.8) is 0 Å². The third-order valence-electron chi connectivity index (χ3n) is 8.35. The van der Waals surface area contributed by atoms with Crippen LogP contribution in [0.5, 0.6) is 0 Å². The predicted octanol–water partition coefficient (Wildman–Crippen LogP) is 4.74. The van der Waals surface area contributed by atoms with Gasteiger partial charge in [0.15, 0.2) is 0 Å². The van der Waals surface area contributed by atoms with Crippen LogP contribution in [0, 0.1) is 11.7 Å². The molecule has 6 rings (SSSR count). The van der Waals surface area contributed by atoms with Crippen molar-refractivity contribution in [2.75, 3.05) is 13.1 Å². The quantitative estimate of drug-likeness (QED) is 0.284. The summed E-state index contributed by atoms with van der Waals surface area (Å²) >= 11 is 0. The molecule has 2 N–H and O–H groups in total. The third-order valence-corrected chi connectivity index (χ3v) is 8.35. The molecule has 1 aliphatic heterocycles. The van der Waals surface area contributed by atoms with Crippen LogP contribution in [0.3, 0.4) is 0 Å². The van der Waals surface area contributed by atoms with Gasteiger partial charge < -0.3 is 20.1 Å². The molecule has 0 radical (unpaired) electrons. The molecule has 3 atom stereocenters. The standard InChI is InChI=1S/C34H34F2N6O3/c1-20(27-14-24(31-16-37-19-41(31)2)8-7-22(27)6-5-21-3-4-21)39-34(45)30-15-26(36)18-42(30)32(43)17-38-33(44)29-11-9-23-13-25(35)10-12-28(23)40-29/h5-14,16,19-21,26,30H,3-4,15,17-18H2,1-2H3,(H,38,44)(H,39,45)/b6-5+/t20-,26+,30-/m0/s1. The molecule has 2 aromatic heterocycles. The molecule has 2 aliphatic rings. The van der Waals surface area contributed by atoms with Crippen LogP contribution in [0.25, 0.3) is 28.2 Å². The number of hydrogen-bond donors (Lipinski definition) is 2. The minimum atomic E-state index is -1.37. The van der Waals surface area contributed by atoms with E-state index in [0.717, 1.165) is 22.4 Å². The molecule has 1 saturated carbocycles. The number of carbonyl (C=O) groups is 3. The number of nitrogens with one attached hydrogen (secondary N) is 2. The number of alkyl halides is 1. The monoisotopic (exact) mass is 612 g/mol. The number of nitrogens with zero attached hydrogens (tertiary/aromatic N) is 4. The molecule has 45 heavy (non-hydrogen) atoms. The molecule has 11 heteroatoms. The Kier molecular flexibility index (Phi) is 8.42. The molecule has 9 nitrogen and oxygen atoms in total. The molecule has 3 amide bonds. The number of hydrogen-bond acceptors (Lipinski definition) is 5. The van der Waals surface area contributed by atoms with Crippen molar-refractivity contribution in [1.82, 2.24) is 30.1 Å².